The number of carboxylic acids is 1. The van der Waals surface area contributed by atoms with Gasteiger partial charge in [0, 0.05) is 18.8 Å². The SMILES string of the molecule is O=C(O)c1ccc(C(=O)N2CCCC3CCCC32)nc1. The second-order valence-electron chi connectivity index (χ2n) is 5.64. The van der Waals surface area contributed by atoms with Crippen molar-refractivity contribution in [3.05, 3.63) is 29.6 Å². The van der Waals surface area contributed by atoms with Gasteiger partial charge >= 0.3 is 5.97 Å². The number of hydrogen-bond acceptors (Lipinski definition) is 3. The molecule has 1 aliphatic heterocycles. The van der Waals surface area contributed by atoms with E-state index in [1.54, 1.807) is 0 Å². The van der Waals surface area contributed by atoms with Crippen LogP contribution in [0.1, 0.15) is 53.0 Å². The highest BCUT2D eigenvalue weighted by Gasteiger charge is 2.37. The van der Waals surface area contributed by atoms with Gasteiger partial charge in [0.25, 0.3) is 5.91 Å². The number of carbonyl (C=O) groups excluding carboxylic acids is 1. The van der Waals surface area contributed by atoms with Gasteiger partial charge < -0.3 is 10.0 Å². The Morgan fingerprint density at radius 2 is 2.00 bits per heavy atom. The molecule has 0 spiro atoms. The first-order valence-corrected chi connectivity index (χ1v) is 7.17. The minimum Gasteiger partial charge on any atom is -0.478 e. The van der Waals surface area contributed by atoms with Crippen molar-refractivity contribution >= 4 is 11.9 Å². The molecule has 2 aliphatic rings. The molecule has 0 bridgehead atoms. The first-order chi connectivity index (χ1) is 9.66. The van der Waals surface area contributed by atoms with Crippen LogP contribution in [-0.2, 0) is 0 Å². The van der Waals surface area contributed by atoms with E-state index in [1.165, 1.54) is 37.6 Å². The fraction of sp³-hybridized carbons (Fsp3) is 0.533. The highest BCUT2D eigenvalue weighted by atomic mass is 16.4. The van der Waals surface area contributed by atoms with Crippen molar-refractivity contribution in [2.45, 2.75) is 38.1 Å². The zero-order chi connectivity index (χ0) is 14.1. The molecule has 1 N–H and O–H groups in total. The van der Waals surface area contributed by atoms with Crippen molar-refractivity contribution in [2.75, 3.05) is 6.54 Å². The lowest BCUT2D eigenvalue weighted by atomic mass is 9.91. The number of rotatable bonds is 2. The first-order valence-electron chi connectivity index (χ1n) is 7.17. The molecule has 20 heavy (non-hydrogen) atoms. The lowest BCUT2D eigenvalue weighted by Gasteiger charge is -2.37. The monoisotopic (exact) mass is 274 g/mol. The lowest BCUT2D eigenvalue weighted by molar-refractivity contribution is 0.0541. The Balaban J connectivity index is 1.79. The van der Waals surface area contributed by atoms with Crippen LogP contribution in [0.5, 0.6) is 0 Å². The molecule has 0 radical (unpaired) electrons. The molecule has 2 unspecified atom stereocenters. The third-order valence-electron chi connectivity index (χ3n) is 4.48. The van der Waals surface area contributed by atoms with Gasteiger partial charge in [-0.3, -0.25) is 9.78 Å². The number of carbonyl (C=O) groups is 2. The van der Waals surface area contributed by atoms with E-state index in [-0.39, 0.29) is 11.5 Å². The Morgan fingerprint density at radius 1 is 1.20 bits per heavy atom. The fourth-order valence-corrected chi connectivity index (χ4v) is 3.50. The number of likely N-dealkylation sites (tertiary alicyclic amines) is 1. The third kappa shape index (κ3) is 2.28. The Morgan fingerprint density at radius 3 is 2.70 bits per heavy atom. The molecule has 2 fully saturated rings. The summed E-state index contributed by atoms with van der Waals surface area (Å²) in [7, 11) is 0. The average molecular weight is 274 g/mol. The van der Waals surface area contributed by atoms with Crippen LogP contribution < -0.4 is 0 Å². The number of aromatic nitrogens is 1. The molecule has 1 aromatic rings. The van der Waals surface area contributed by atoms with E-state index in [0.717, 1.165) is 19.4 Å². The van der Waals surface area contributed by atoms with Gasteiger partial charge in [0.2, 0.25) is 0 Å². The smallest absolute Gasteiger partial charge is 0.337 e. The molecule has 1 saturated carbocycles. The maximum Gasteiger partial charge on any atom is 0.337 e. The molecule has 5 heteroatoms. The quantitative estimate of drug-likeness (QED) is 0.897. The highest BCUT2D eigenvalue weighted by molar-refractivity contribution is 5.94. The molecule has 1 saturated heterocycles. The molecule has 2 heterocycles. The summed E-state index contributed by atoms with van der Waals surface area (Å²) >= 11 is 0. The standard InChI is InChI=1S/C15H18N2O3/c18-14(12-7-6-11(9-16-12)15(19)20)17-8-2-4-10-3-1-5-13(10)17/h6-7,9-10,13H,1-5,8H2,(H,19,20). The summed E-state index contributed by atoms with van der Waals surface area (Å²) < 4.78 is 0. The molecular weight excluding hydrogens is 256 g/mol. The second-order valence-corrected chi connectivity index (χ2v) is 5.64. The third-order valence-corrected chi connectivity index (χ3v) is 4.48. The summed E-state index contributed by atoms with van der Waals surface area (Å²) in [5, 5.41) is 8.85. The van der Waals surface area contributed by atoms with E-state index in [2.05, 4.69) is 4.98 Å². The molecule has 106 valence electrons. The van der Waals surface area contributed by atoms with E-state index < -0.39 is 5.97 Å². The van der Waals surface area contributed by atoms with Gasteiger partial charge in [0.15, 0.2) is 0 Å². The summed E-state index contributed by atoms with van der Waals surface area (Å²) in [5.41, 5.74) is 0.460. The number of amides is 1. The van der Waals surface area contributed by atoms with E-state index in [4.69, 9.17) is 5.11 Å². The van der Waals surface area contributed by atoms with Crippen LogP contribution >= 0.6 is 0 Å². The zero-order valence-corrected chi connectivity index (χ0v) is 11.3. The number of fused-ring (bicyclic) bond motifs is 1. The summed E-state index contributed by atoms with van der Waals surface area (Å²) in [6.07, 6.45) is 7.04. The largest absolute Gasteiger partial charge is 0.478 e. The predicted octanol–water partition coefficient (Wildman–Crippen LogP) is 2.18. The molecular formula is C15H18N2O3. The van der Waals surface area contributed by atoms with Crippen molar-refractivity contribution in [1.29, 1.82) is 0 Å². The van der Waals surface area contributed by atoms with Gasteiger partial charge in [0.1, 0.15) is 5.69 Å². The minimum absolute atomic E-state index is 0.0569. The van der Waals surface area contributed by atoms with Gasteiger partial charge in [-0.05, 0) is 43.7 Å². The first kappa shape index (κ1) is 13.1. The van der Waals surface area contributed by atoms with Gasteiger partial charge in [-0.15, -0.1) is 0 Å². The molecule has 0 aromatic carbocycles. The maximum atomic E-state index is 12.5. The van der Waals surface area contributed by atoms with Crippen LogP contribution in [0.15, 0.2) is 18.3 Å². The minimum atomic E-state index is -1.02. The van der Waals surface area contributed by atoms with Crippen LogP contribution in [0.25, 0.3) is 0 Å². The summed E-state index contributed by atoms with van der Waals surface area (Å²) in [4.78, 5) is 29.3. The van der Waals surface area contributed by atoms with Gasteiger partial charge in [-0.25, -0.2) is 4.79 Å². The molecule has 1 aromatic heterocycles. The van der Waals surface area contributed by atoms with Crippen LogP contribution in [0.3, 0.4) is 0 Å². The Bertz CT molecular complexity index is 526. The molecule has 5 nitrogen and oxygen atoms in total. The van der Waals surface area contributed by atoms with E-state index >= 15 is 0 Å². The van der Waals surface area contributed by atoms with Crippen LogP contribution in [0.2, 0.25) is 0 Å². The van der Waals surface area contributed by atoms with Crippen molar-refractivity contribution < 1.29 is 14.7 Å². The Hall–Kier alpha value is -1.91. The molecule has 2 atom stereocenters. The van der Waals surface area contributed by atoms with Gasteiger partial charge in [-0.1, -0.05) is 6.42 Å². The van der Waals surface area contributed by atoms with Gasteiger partial charge in [-0.2, -0.15) is 0 Å². The second kappa shape index (κ2) is 5.23. The van der Waals surface area contributed by atoms with Crippen molar-refractivity contribution in [3.63, 3.8) is 0 Å². The fourth-order valence-electron chi connectivity index (χ4n) is 3.50. The molecule has 1 amide bonds. The summed E-state index contributed by atoms with van der Waals surface area (Å²) in [6.45, 7) is 0.794. The van der Waals surface area contributed by atoms with Crippen LogP contribution in [-0.4, -0.2) is 39.5 Å². The van der Waals surface area contributed by atoms with Crippen molar-refractivity contribution in [3.8, 4) is 0 Å². The number of pyridine rings is 1. The molecule has 3 rings (SSSR count). The van der Waals surface area contributed by atoms with E-state index in [1.807, 2.05) is 4.90 Å². The number of aromatic carboxylic acids is 1. The zero-order valence-electron chi connectivity index (χ0n) is 11.3. The van der Waals surface area contributed by atoms with E-state index in [9.17, 15) is 9.59 Å². The number of piperidine rings is 1. The van der Waals surface area contributed by atoms with Gasteiger partial charge in [0.05, 0.1) is 5.56 Å². The highest BCUT2D eigenvalue weighted by Crippen LogP contribution is 2.37. The van der Waals surface area contributed by atoms with Crippen molar-refractivity contribution in [2.24, 2.45) is 5.92 Å². The topological polar surface area (TPSA) is 70.5 Å². The average Bonchev–Trinajstić information content (AvgIpc) is 2.95. The van der Waals surface area contributed by atoms with Crippen LogP contribution in [0, 0.1) is 5.92 Å². The lowest BCUT2D eigenvalue weighted by Crippen LogP contribution is -2.46. The number of carboxylic acid groups (broad SMARTS) is 1. The molecule has 1 aliphatic carbocycles. The predicted molar refractivity (Wildman–Crippen MR) is 72.6 cm³/mol. The number of nitrogens with zero attached hydrogens (tertiary/aromatic N) is 2. The van der Waals surface area contributed by atoms with Crippen molar-refractivity contribution in [1.82, 2.24) is 9.88 Å². The Labute approximate surface area is 117 Å². The normalized spacial score (nSPS) is 25.3. The van der Waals surface area contributed by atoms with Crippen LogP contribution in [0.4, 0.5) is 0 Å². The summed E-state index contributed by atoms with van der Waals surface area (Å²) in [6, 6.07) is 3.32. The van der Waals surface area contributed by atoms with E-state index in [0.29, 0.717) is 17.7 Å². The summed E-state index contributed by atoms with van der Waals surface area (Å²) in [5.74, 6) is -0.435. The Kier molecular flexibility index (Phi) is 3.42. The maximum absolute atomic E-state index is 12.5. The number of hydrogen-bond donors (Lipinski definition) is 1.